The van der Waals surface area contributed by atoms with Crippen molar-refractivity contribution in [3.8, 4) is 0 Å². The number of hydrogen-bond acceptors (Lipinski definition) is 5. The van der Waals surface area contributed by atoms with Gasteiger partial charge in [-0.3, -0.25) is 9.59 Å². The molecule has 0 aliphatic carbocycles. The summed E-state index contributed by atoms with van der Waals surface area (Å²) in [5, 5.41) is 23.5. The minimum atomic E-state index is -0.807. The van der Waals surface area contributed by atoms with E-state index in [1.54, 1.807) is 0 Å². The Balaban J connectivity index is 4.76. The maximum atomic E-state index is 13.1. The second kappa shape index (κ2) is 42.0. The van der Waals surface area contributed by atoms with Gasteiger partial charge in [-0.15, -0.1) is 0 Å². The number of carbonyl (C=O) groups excluding carboxylic acids is 2. The Morgan fingerprint density at radius 1 is 0.556 bits per heavy atom. The standard InChI is InChI=1S/C48H87NO5/c1-4-7-10-13-16-19-22-23-24-25-26-27-30-33-36-39-44(54-48(53)41-38-35-32-29-21-18-15-12-9-6-3)42-47(52)49-45(43-50)46(51)40-37-34-31-28-20-17-14-11-8-5-2/h16,19,23-24,26-27,33,36,44-46,50-51H,4-15,17-18,20-22,25,28-32,34-35,37-43H2,1-3H3,(H,49,52)/b19-16-,24-23-,27-26-,36-33-. The molecule has 314 valence electrons. The van der Waals surface area contributed by atoms with E-state index in [1.165, 1.54) is 116 Å². The number of nitrogens with one attached hydrogen (secondary N) is 1. The molecule has 0 saturated heterocycles. The molecule has 3 unspecified atom stereocenters. The van der Waals surface area contributed by atoms with E-state index in [4.69, 9.17) is 4.74 Å². The van der Waals surface area contributed by atoms with Crippen LogP contribution < -0.4 is 5.32 Å². The van der Waals surface area contributed by atoms with Crippen LogP contribution in [-0.2, 0) is 14.3 Å². The summed E-state index contributed by atoms with van der Waals surface area (Å²) in [6.45, 7) is 6.39. The van der Waals surface area contributed by atoms with Crippen LogP contribution in [0.2, 0.25) is 0 Å². The van der Waals surface area contributed by atoms with Gasteiger partial charge >= 0.3 is 5.97 Å². The van der Waals surface area contributed by atoms with Gasteiger partial charge in [0.15, 0.2) is 0 Å². The average Bonchev–Trinajstić information content (AvgIpc) is 3.16. The number of allylic oxidation sites excluding steroid dienone is 7. The molecule has 0 aliphatic rings. The summed E-state index contributed by atoms with van der Waals surface area (Å²) in [4.78, 5) is 25.9. The highest BCUT2D eigenvalue weighted by molar-refractivity contribution is 5.77. The van der Waals surface area contributed by atoms with Crippen molar-refractivity contribution < 1.29 is 24.5 Å². The second-order valence-corrected chi connectivity index (χ2v) is 15.5. The zero-order valence-corrected chi connectivity index (χ0v) is 35.6. The molecular weight excluding hydrogens is 671 g/mol. The van der Waals surface area contributed by atoms with E-state index in [0.717, 1.165) is 57.8 Å². The first-order valence-corrected chi connectivity index (χ1v) is 22.9. The van der Waals surface area contributed by atoms with Crippen LogP contribution in [0.25, 0.3) is 0 Å². The molecule has 54 heavy (non-hydrogen) atoms. The first-order valence-electron chi connectivity index (χ1n) is 22.9. The first-order chi connectivity index (χ1) is 26.5. The highest BCUT2D eigenvalue weighted by Gasteiger charge is 2.23. The molecule has 0 saturated carbocycles. The fourth-order valence-electron chi connectivity index (χ4n) is 6.64. The molecule has 0 aromatic heterocycles. The molecule has 3 atom stereocenters. The maximum absolute atomic E-state index is 13.1. The topological polar surface area (TPSA) is 95.9 Å². The summed E-state index contributed by atoms with van der Waals surface area (Å²) in [7, 11) is 0. The van der Waals surface area contributed by atoms with Gasteiger partial charge in [0.2, 0.25) is 5.91 Å². The first kappa shape index (κ1) is 51.8. The van der Waals surface area contributed by atoms with Gasteiger partial charge in [0, 0.05) is 12.8 Å². The number of aliphatic hydroxyl groups excluding tert-OH is 2. The maximum Gasteiger partial charge on any atom is 0.306 e. The molecule has 6 heteroatoms. The number of esters is 1. The van der Waals surface area contributed by atoms with Crippen molar-refractivity contribution in [1.29, 1.82) is 0 Å². The Labute approximate surface area is 334 Å². The van der Waals surface area contributed by atoms with Crippen molar-refractivity contribution in [2.24, 2.45) is 0 Å². The van der Waals surface area contributed by atoms with Crippen LogP contribution >= 0.6 is 0 Å². The van der Waals surface area contributed by atoms with Gasteiger partial charge in [-0.2, -0.15) is 0 Å². The highest BCUT2D eigenvalue weighted by Crippen LogP contribution is 2.16. The molecule has 0 fully saturated rings. The van der Waals surface area contributed by atoms with Gasteiger partial charge in [0.25, 0.3) is 0 Å². The van der Waals surface area contributed by atoms with E-state index in [2.05, 4.69) is 62.5 Å². The Hall–Kier alpha value is -2.18. The van der Waals surface area contributed by atoms with Crippen molar-refractivity contribution in [3.63, 3.8) is 0 Å². The predicted octanol–water partition coefficient (Wildman–Crippen LogP) is 13.1. The van der Waals surface area contributed by atoms with Crippen LogP contribution in [0.3, 0.4) is 0 Å². The van der Waals surface area contributed by atoms with E-state index in [9.17, 15) is 19.8 Å². The van der Waals surface area contributed by atoms with Crippen molar-refractivity contribution in [1.82, 2.24) is 5.32 Å². The Bertz CT molecular complexity index is 941. The quantitative estimate of drug-likeness (QED) is 0.0329. The van der Waals surface area contributed by atoms with Crippen molar-refractivity contribution in [2.45, 2.75) is 238 Å². The molecule has 0 spiro atoms. The summed E-state index contributed by atoms with van der Waals surface area (Å²) in [5.74, 6) is -0.577. The van der Waals surface area contributed by atoms with Gasteiger partial charge in [-0.25, -0.2) is 0 Å². The summed E-state index contributed by atoms with van der Waals surface area (Å²) in [6.07, 6.45) is 49.0. The van der Waals surface area contributed by atoms with Gasteiger partial charge in [0.05, 0.1) is 25.2 Å². The van der Waals surface area contributed by atoms with Gasteiger partial charge in [0.1, 0.15) is 6.10 Å². The summed E-state index contributed by atoms with van der Waals surface area (Å²) in [5.41, 5.74) is 0. The molecule has 0 rings (SSSR count). The predicted molar refractivity (Wildman–Crippen MR) is 232 cm³/mol. The molecule has 0 aromatic carbocycles. The van der Waals surface area contributed by atoms with Gasteiger partial charge in [-0.1, -0.05) is 204 Å². The summed E-state index contributed by atoms with van der Waals surface area (Å²) < 4.78 is 5.83. The lowest BCUT2D eigenvalue weighted by Crippen LogP contribution is -2.46. The SMILES string of the molecule is CCCCC/C=C\C/C=C\C/C=C\C/C=C\CC(CC(=O)NC(CO)C(O)CCCCCCCCCCCC)OC(=O)CCCCCCCCCCCC. The minimum absolute atomic E-state index is 0.00325. The van der Waals surface area contributed by atoms with Crippen LogP contribution in [0.4, 0.5) is 0 Å². The molecule has 6 nitrogen and oxygen atoms in total. The Morgan fingerprint density at radius 3 is 1.48 bits per heavy atom. The lowest BCUT2D eigenvalue weighted by Gasteiger charge is -2.24. The average molecular weight is 758 g/mol. The molecule has 0 aliphatic heterocycles. The number of rotatable bonds is 40. The van der Waals surface area contributed by atoms with E-state index in [0.29, 0.717) is 19.3 Å². The van der Waals surface area contributed by atoms with Crippen molar-refractivity contribution in [2.75, 3.05) is 6.61 Å². The Morgan fingerprint density at radius 2 is 0.981 bits per heavy atom. The number of amides is 1. The minimum Gasteiger partial charge on any atom is -0.461 e. The molecule has 0 heterocycles. The molecule has 0 aromatic rings. The van der Waals surface area contributed by atoms with Crippen LogP contribution in [0.15, 0.2) is 48.6 Å². The number of unbranched alkanes of at least 4 members (excludes halogenated alkanes) is 21. The van der Waals surface area contributed by atoms with E-state index < -0.39 is 18.2 Å². The number of hydrogen-bond donors (Lipinski definition) is 3. The summed E-state index contributed by atoms with van der Waals surface area (Å²) in [6, 6.07) is -0.726. The van der Waals surface area contributed by atoms with E-state index >= 15 is 0 Å². The number of carbonyl (C=O) groups is 2. The largest absolute Gasteiger partial charge is 0.461 e. The summed E-state index contributed by atoms with van der Waals surface area (Å²) >= 11 is 0. The highest BCUT2D eigenvalue weighted by atomic mass is 16.5. The van der Waals surface area contributed by atoms with Gasteiger partial charge in [-0.05, 0) is 44.9 Å². The third-order valence-corrected chi connectivity index (χ3v) is 10.2. The van der Waals surface area contributed by atoms with Crippen LogP contribution in [0.5, 0.6) is 0 Å². The molecule has 3 N–H and O–H groups in total. The monoisotopic (exact) mass is 758 g/mol. The fourth-order valence-corrected chi connectivity index (χ4v) is 6.64. The smallest absolute Gasteiger partial charge is 0.306 e. The molecule has 0 radical (unpaired) electrons. The van der Waals surface area contributed by atoms with Crippen LogP contribution in [-0.4, -0.2) is 46.9 Å². The van der Waals surface area contributed by atoms with Crippen molar-refractivity contribution in [3.05, 3.63) is 48.6 Å². The lowest BCUT2D eigenvalue weighted by molar-refractivity contribution is -0.150. The zero-order chi connectivity index (χ0) is 39.6. The molecular formula is C48H87NO5. The fraction of sp³-hybridized carbons (Fsp3) is 0.792. The zero-order valence-electron chi connectivity index (χ0n) is 35.6. The van der Waals surface area contributed by atoms with E-state index in [1.807, 2.05) is 12.2 Å². The normalized spacial score (nSPS) is 13.8. The number of ether oxygens (including phenoxy) is 1. The molecule has 0 bridgehead atoms. The van der Waals surface area contributed by atoms with Gasteiger partial charge < -0.3 is 20.3 Å². The van der Waals surface area contributed by atoms with Crippen LogP contribution in [0.1, 0.15) is 220 Å². The Kier molecular flexibility index (Phi) is 40.3. The van der Waals surface area contributed by atoms with Crippen molar-refractivity contribution >= 4 is 11.9 Å². The second-order valence-electron chi connectivity index (χ2n) is 15.5. The van der Waals surface area contributed by atoms with E-state index in [-0.39, 0.29) is 24.9 Å². The third kappa shape index (κ3) is 36.8. The number of aliphatic hydroxyl groups is 2. The molecule has 1 amide bonds. The van der Waals surface area contributed by atoms with Crippen LogP contribution in [0, 0.1) is 0 Å². The lowest BCUT2D eigenvalue weighted by atomic mass is 10.0. The third-order valence-electron chi connectivity index (χ3n) is 10.2.